The molecule has 2 aliphatic rings. The van der Waals surface area contributed by atoms with Crippen molar-refractivity contribution >= 4 is 11.9 Å². The van der Waals surface area contributed by atoms with Crippen molar-refractivity contribution in [3.63, 3.8) is 0 Å². The second kappa shape index (κ2) is 7.09. The van der Waals surface area contributed by atoms with Crippen LogP contribution >= 0.6 is 0 Å². The van der Waals surface area contributed by atoms with Crippen molar-refractivity contribution in [2.24, 2.45) is 17.8 Å². The van der Waals surface area contributed by atoms with Gasteiger partial charge < -0.3 is 10.4 Å². The largest absolute Gasteiger partial charge is 0.481 e. The minimum atomic E-state index is -0.747. The maximum absolute atomic E-state index is 12.3. The minimum Gasteiger partial charge on any atom is -0.481 e. The average molecular weight is 281 g/mol. The second-order valence-corrected chi connectivity index (χ2v) is 6.59. The van der Waals surface area contributed by atoms with Crippen molar-refractivity contribution in [3.05, 3.63) is 0 Å². The van der Waals surface area contributed by atoms with E-state index in [4.69, 9.17) is 5.11 Å². The molecule has 0 aromatic rings. The fourth-order valence-corrected chi connectivity index (χ4v) is 3.75. The van der Waals surface area contributed by atoms with Crippen LogP contribution in [0.15, 0.2) is 0 Å². The van der Waals surface area contributed by atoms with E-state index in [0.29, 0.717) is 12.3 Å². The molecule has 0 aromatic carbocycles. The Balaban J connectivity index is 1.82. The number of carboxylic acid groups (broad SMARTS) is 1. The van der Waals surface area contributed by atoms with Crippen LogP contribution in [-0.4, -0.2) is 23.0 Å². The Morgan fingerprint density at radius 3 is 2.30 bits per heavy atom. The molecule has 1 amide bonds. The van der Waals surface area contributed by atoms with Gasteiger partial charge in [0.25, 0.3) is 0 Å². The molecule has 0 radical (unpaired) electrons. The number of carboxylic acids is 1. The highest BCUT2D eigenvalue weighted by molar-refractivity contribution is 5.80. The number of carbonyl (C=O) groups is 2. The molecule has 0 spiro atoms. The molecular weight excluding hydrogens is 254 g/mol. The monoisotopic (exact) mass is 281 g/mol. The number of hydrogen-bond acceptors (Lipinski definition) is 2. The van der Waals surface area contributed by atoms with Crippen LogP contribution in [0.4, 0.5) is 0 Å². The molecule has 2 fully saturated rings. The Hall–Kier alpha value is -1.06. The number of amides is 1. The summed E-state index contributed by atoms with van der Waals surface area (Å²) in [5, 5.41) is 12.2. The fourth-order valence-electron chi connectivity index (χ4n) is 3.75. The summed E-state index contributed by atoms with van der Waals surface area (Å²) in [4.78, 5) is 23.4. The highest BCUT2D eigenvalue weighted by Gasteiger charge is 2.32. The Morgan fingerprint density at radius 1 is 1.00 bits per heavy atom. The molecular formula is C16H27NO3. The van der Waals surface area contributed by atoms with E-state index in [-0.39, 0.29) is 23.8 Å². The zero-order chi connectivity index (χ0) is 14.5. The molecule has 0 aromatic heterocycles. The maximum atomic E-state index is 12.3. The van der Waals surface area contributed by atoms with Crippen molar-refractivity contribution in [1.29, 1.82) is 0 Å². The van der Waals surface area contributed by atoms with Gasteiger partial charge in [-0.15, -0.1) is 0 Å². The number of aliphatic carboxylic acids is 1. The van der Waals surface area contributed by atoms with Gasteiger partial charge in [0.2, 0.25) is 5.91 Å². The van der Waals surface area contributed by atoms with Crippen LogP contribution in [0.3, 0.4) is 0 Å². The lowest BCUT2D eigenvalue weighted by Gasteiger charge is -2.31. The van der Waals surface area contributed by atoms with Crippen molar-refractivity contribution < 1.29 is 14.7 Å². The number of hydrogen-bond donors (Lipinski definition) is 2. The van der Waals surface area contributed by atoms with Gasteiger partial charge in [-0.05, 0) is 44.9 Å². The number of nitrogens with one attached hydrogen (secondary N) is 1. The van der Waals surface area contributed by atoms with Crippen LogP contribution in [0, 0.1) is 17.8 Å². The number of carbonyl (C=O) groups excluding carboxylic acids is 1. The van der Waals surface area contributed by atoms with Crippen LogP contribution in [0.1, 0.15) is 64.7 Å². The first-order valence-corrected chi connectivity index (χ1v) is 8.11. The van der Waals surface area contributed by atoms with E-state index in [1.54, 1.807) is 0 Å². The van der Waals surface area contributed by atoms with Crippen molar-refractivity contribution in [3.8, 4) is 0 Å². The van der Waals surface area contributed by atoms with Gasteiger partial charge in [0, 0.05) is 12.0 Å². The van der Waals surface area contributed by atoms with Gasteiger partial charge in [0.1, 0.15) is 0 Å². The lowest BCUT2D eigenvalue weighted by molar-refractivity contribution is -0.144. The average Bonchev–Trinajstić information content (AvgIpc) is 2.48. The molecule has 4 heteroatoms. The molecule has 20 heavy (non-hydrogen) atoms. The Labute approximate surface area is 121 Å². The first-order chi connectivity index (χ1) is 9.58. The molecule has 0 heterocycles. The van der Waals surface area contributed by atoms with Gasteiger partial charge in [-0.3, -0.25) is 9.59 Å². The summed E-state index contributed by atoms with van der Waals surface area (Å²) >= 11 is 0. The molecule has 0 saturated heterocycles. The minimum absolute atomic E-state index is 0.0778. The first-order valence-electron chi connectivity index (χ1n) is 8.11. The van der Waals surface area contributed by atoms with Gasteiger partial charge in [0.05, 0.1) is 5.92 Å². The summed E-state index contributed by atoms with van der Waals surface area (Å²) in [6.45, 7) is 2.10. The molecule has 0 bridgehead atoms. The maximum Gasteiger partial charge on any atom is 0.306 e. The first kappa shape index (κ1) is 15.3. The fraction of sp³-hybridized carbons (Fsp3) is 0.875. The van der Waals surface area contributed by atoms with E-state index in [2.05, 4.69) is 12.2 Å². The summed E-state index contributed by atoms with van der Waals surface area (Å²) in [5.41, 5.74) is 0. The third kappa shape index (κ3) is 3.97. The summed E-state index contributed by atoms with van der Waals surface area (Å²) in [6, 6.07) is 0.230. The Morgan fingerprint density at radius 2 is 1.65 bits per heavy atom. The third-order valence-electron chi connectivity index (χ3n) is 5.12. The van der Waals surface area contributed by atoms with Crippen LogP contribution in [0.2, 0.25) is 0 Å². The SMILES string of the molecule is CC(NC(=O)C1CCCC(C(=O)O)C1)C1CCCCC1. The summed E-state index contributed by atoms with van der Waals surface area (Å²) < 4.78 is 0. The van der Waals surface area contributed by atoms with Crippen molar-refractivity contribution in [2.75, 3.05) is 0 Å². The molecule has 114 valence electrons. The summed E-state index contributed by atoms with van der Waals surface area (Å²) in [6.07, 6.45) is 9.22. The Kier molecular flexibility index (Phi) is 5.44. The molecule has 3 unspecified atom stereocenters. The van der Waals surface area contributed by atoms with Gasteiger partial charge in [-0.1, -0.05) is 25.7 Å². The van der Waals surface area contributed by atoms with Gasteiger partial charge in [-0.2, -0.15) is 0 Å². The standard InChI is InChI=1S/C16H27NO3/c1-11(12-6-3-2-4-7-12)17-15(18)13-8-5-9-14(10-13)16(19)20/h11-14H,2-10H2,1H3,(H,17,18)(H,19,20). The molecule has 3 atom stereocenters. The number of rotatable bonds is 4. The van der Waals surface area contributed by atoms with Crippen LogP contribution in [-0.2, 0) is 9.59 Å². The predicted molar refractivity (Wildman–Crippen MR) is 77.3 cm³/mol. The Bertz CT molecular complexity index is 350. The predicted octanol–water partition coefficient (Wildman–Crippen LogP) is 2.96. The van der Waals surface area contributed by atoms with Gasteiger partial charge in [-0.25, -0.2) is 0 Å². The van der Waals surface area contributed by atoms with Crippen molar-refractivity contribution in [1.82, 2.24) is 5.32 Å². The second-order valence-electron chi connectivity index (χ2n) is 6.59. The van der Waals surface area contributed by atoms with Crippen LogP contribution in [0.5, 0.6) is 0 Å². The van der Waals surface area contributed by atoms with E-state index in [9.17, 15) is 9.59 Å². The highest BCUT2D eigenvalue weighted by Crippen LogP contribution is 2.30. The quantitative estimate of drug-likeness (QED) is 0.832. The molecule has 2 aliphatic carbocycles. The highest BCUT2D eigenvalue weighted by atomic mass is 16.4. The zero-order valence-corrected chi connectivity index (χ0v) is 12.4. The van der Waals surface area contributed by atoms with E-state index < -0.39 is 5.97 Å². The normalized spacial score (nSPS) is 29.6. The summed E-state index contributed by atoms with van der Waals surface area (Å²) in [5.74, 6) is -0.496. The van der Waals surface area contributed by atoms with E-state index in [1.807, 2.05) is 0 Å². The summed E-state index contributed by atoms with van der Waals surface area (Å²) in [7, 11) is 0. The molecule has 2 N–H and O–H groups in total. The smallest absolute Gasteiger partial charge is 0.306 e. The zero-order valence-electron chi connectivity index (χ0n) is 12.4. The van der Waals surface area contributed by atoms with E-state index in [1.165, 1.54) is 32.1 Å². The molecule has 2 rings (SSSR count). The lowest BCUT2D eigenvalue weighted by atomic mass is 9.80. The topological polar surface area (TPSA) is 66.4 Å². The molecule has 4 nitrogen and oxygen atoms in total. The van der Waals surface area contributed by atoms with Crippen LogP contribution < -0.4 is 5.32 Å². The lowest BCUT2D eigenvalue weighted by Crippen LogP contribution is -2.43. The molecule has 2 saturated carbocycles. The van der Waals surface area contributed by atoms with Gasteiger partial charge in [0.15, 0.2) is 0 Å². The van der Waals surface area contributed by atoms with Crippen molar-refractivity contribution in [2.45, 2.75) is 70.8 Å². The van der Waals surface area contributed by atoms with Gasteiger partial charge >= 0.3 is 5.97 Å². The van der Waals surface area contributed by atoms with Crippen LogP contribution in [0.25, 0.3) is 0 Å². The van der Waals surface area contributed by atoms with E-state index >= 15 is 0 Å². The molecule has 0 aliphatic heterocycles. The third-order valence-corrected chi connectivity index (χ3v) is 5.12. The van der Waals surface area contributed by atoms with E-state index in [0.717, 1.165) is 19.3 Å².